The van der Waals surface area contributed by atoms with Crippen molar-refractivity contribution in [2.24, 2.45) is 0 Å². The number of carbonyl (C=O) groups is 2. The first-order valence-electron chi connectivity index (χ1n) is 9.19. The van der Waals surface area contributed by atoms with Crippen molar-refractivity contribution < 1.29 is 9.59 Å². The average Bonchev–Trinajstić information content (AvgIpc) is 3.11. The Morgan fingerprint density at radius 2 is 1.72 bits per heavy atom. The molecule has 2 amide bonds. The molecule has 3 rings (SSSR count). The summed E-state index contributed by atoms with van der Waals surface area (Å²) in [6.45, 7) is 9.65. The van der Waals surface area contributed by atoms with Gasteiger partial charge in [0.05, 0.1) is 0 Å². The van der Waals surface area contributed by atoms with Gasteiger partial charge in [0.1, 0.15) is 0 Å². The van der Waals surface area contributed by atoms with Crippen molar-refractivity contribution >= 4 is 11.8 Å². The van der Waals surface area contributed by atoms with Crippen LogP contribution in [0.1, 0.15) is 41.0 Å². The number of hydrogen-bond acceptors (Lipinski definition) is 4. The van der Waals surface area contributed by atoms with Gasteiger partial charge in [-0.25, -0.2) is 0 Å². The number of nitrogens with one attached hydrogen (secondary N) is 2. The van der Waals surface area contributed by atoms with Crippen LogP contribution in [0, 0.1) is 0 Å². The van der Waals surface area contributed by atoms with Gasteiger partial charge in [0.25, 0.3) is 11.8 Å². The minimum absolute atomic E-state index is 0.0634. The van der Waals surface area contributed by atoms with E-state index < -0.39 is 0 Å². The van der Waals surface area contributed by atoms with Crippen molar-refractivity contribution in [3.8, 4) is 0 Å². The topological polar surface area (TPSA) is 64.7 Å². The summed E-state index contributed by atoms with van der Waals surface area (Å²) in [5.74, 6) is -0.0394. The molecule has 0 saturated carbocycles. The molecule has 25 heavy (non-hydrogen) atoms. The first-order chi connectivity index (χ1) is 12.0. The fraction of sp³-hybridized carbons (Fsp3) is 0.579. The summed E-state index contributed by atoms with van der Waals surface area (Å²) in [4.78, 5) is 29.2. The Bertz CT molecular complexity index is 608. The maximum atomic E-state index is 12.7. The lowest BCUT2D eigenvalue weighted by Crippen LogP contribution is -2.49. The molecule has 0 aliphatic carbocycles. The third kappa shape index (κ3) is 4.38. The number of benzene rings is 1. The van der Waals surface area contributed by atoms with Gasteiger partial charge in [-0.15, -0.1) is 0 Å². The number of likely N-dealkylation sites (tertiary alicyclic amines) is 1. The van der Waals surface area contributed by atoms with E-state index in [1.54, 1.807) is 24.3 Å². The molecule has 0 radical (unpaired) electrons. The number of carbonyl (C=O) groups excluding carboxylic acids is 2. The third-order valence-corrected chi connectivity index (χ3v) is 4.93. The smallest absolute Gasteiger partial charge is 0.253 e. The predicted molar refractivity (Wildman–Crippen MR) is 97.8 cm³/mol. The first-order valence-corrected chi connectivity index (χ1v) is 9.19. The van der Waals surface area contributed by atoms with Crippen molar-refractivity contribution in [3.05, 3.63) is 35.4 Å². The van der Waals surface area contributed by atoms with E-state index in [0.717, 1.165) is 45.7 Å². The Morgan fingerprint density at radius 1 is 1.08 bits per heavy atom. The second kappa shape index (κ2) is 7.97. The fourth-order valence-electron chi connectivity index (χ4n) is 3.56. The lowest BCUT2D eigenvalue weighted by Gasteiger charge is -2.32. The molecule has 0 aromatic heterocycles. The van der Waals surface area contributed by atoms with Gasteiger partial charge in [0.2, 0.25) is 0 Å². The van der Waals surface area contributed by atoms with Gasteiger partial charge < -0.3 is 15.5 Å². The minimum Gasteiger partial charge on any atom is -0.350 e. The van der Waals surface area contributed by atoms with Gasteiger partial charge in [-0.2, -0.15) is 0 Å². The summed E-state index contributed by atoms with van der Waals surface area (Å²) in [5.41, 5.74) is 1.24. The van der Waals surface area contributed by atoms with Crippen LogP contribution in [0.25, 0.3) is 0 Å². The molecule has 6 nitrogen and oxygen atoms in total. The van der Waals surface area contributed by atoms with Crippen LogP contribution in [0.3, 0.4) is 0 Å². The average molecular weight is 344 g/mol. The zero-order chi connectivity index (χ0) is 17.8. The zero-order valence-corrected chi connectivity index (χ0v) is 15.1. The molecule has 1 atom stereocenters. The molecule has 2 N–H and O–H groups in total. The van der Waals surface area contributed by atoms with Crippen LogP contribution >= 0.6 is 0 Å². The van der Waals surface area contributed by atoms with E-state index in [4.69, 9.17) is 0 Å². The summed E-state index contributed by atoms with van der Waals surface area (Å²) >= 11 is 0. The normalized spacial score (nSPS) is 21.6. The van der Waals surface area contributed by atoms with Crippen molar-refractivity contribution in [2.75, 3.05) is 39.3 Å². The number of piperazine rings is 1. The molecule has 2 aliphatic heterocycles. The summed E-state index contributed by atoms with van der Waals surface area (Å²) in [5, 5.41) is 6.23. The summed E-state index contributed by atoms with van der Waals surface area (Å²) < 4.78 is 0. The number of amides is 2. The SMILES string of the molecule is CC(C)NC(=O)c1ccc(C(=O)N2CCC(N3CCNCC3)C2)cc1. The molecular weight excluding hydrogens is 316 g/mol. The van der Waals surface area contributed by atoms with E-state index in [2.05, 4.69) is 15.5 Å². The first kappa shape index (κ1) is 17.9. The van der Waals surface area contributed by atoms with E-state index in [-0.39, 0.29) is 17.9 Å². The molecule has 0 spiro atoms. The Labute approximate surface area is 149 Å². The van der Waals surface area contributed by atoms with Crippen LogP contribution in [0.15, 0.2) is 24.3 Å². The zero-order valence-electron chi connectivity index (χ0n) is 15.1. The molecule has 2 aliphatic rings. The van der Waals surface area contributed by atoms with E-state index in [1.807, 2.05) is 18.7 Å². The second-order valence-electron chi connectivity index (χ2n) is 7.19. The van der Waals surface area contributed by atoms with Crippen LogP contribution in [-0.2, 0) is 0 Å². The van der Waals surface area contributed by atoms with Crippen molar-refractivity contribution in [1.29, 1.82) is 0 Å². The summed E-state index contributed by atoms with van der Waals surface area (Å²) in [7, 11) is 0. The largest absolute Gasteiger partial charge is 0.350 e. The van der Waals surface area contributed by atoms with Gasteiger partial charge in [-0.1, -0.05) is 0 Å². The lowest BCUT2D eigenvalue weighted by molar-refractivity contribution is 0.0772. The van der Waals surface area contributed by atoms with Gasteiger partial charge in [-0.05, 0) is 44.5 Å². The molecule has 1 aromatic carbocycles. The minimum atomic E-state index is -0.103. The van der Waals surface area contributed by atoms with Crippen molar-refractivity contribution in [3.63, 3.8) is 0 Å². The van der Waals surface area contributed by atoms with Crippen molar-refractivity contribution in [1.82, 2.24) is 20.4 Å². The Hall–Kier alpha value is -1.92. The van der Waals surface area contributed by atoms with E-state index in [1.165, 1.54) is 0 Å². The van der Waals surface area contributed by atoms with Crippen molar-refractivity contribution in [2.45, 2.75) is 32.4 Å². The highest BCUT2D eigenvalue weighted by atomic mass is 16.2. The highest BCUT2D eigenvalue weighted by molar-refractivity contribution is 5.98. The maximum Gasteiger partial charge on any atom is 0.253 e. The predicted octanol–water partition coefficient (Wildman–Crippen LogP) is 0.945. The van der Waals surface area contributed by atoms with E-state index >= 15 is 0 Å². The van der Waals surface area contributed by atoms with Crippen LogP contribution in [0.4, 0.5) is 0 Å². The summed E-state index contributed by atoms with van der Waals surface area (Å²) in [6, 6.07) is 7.55. The highest BCUT2D eigenvalue weighted by Crippen LogP contribution is 2.19. The van der Waals surface area contributed by atoms with Gasteiger partial charge >= 0.3 is 0 Å². The standard InChI is InChI=1S/C19H28N4O2/c1-14(2)21-18(24)15-3-5-16(6-4-15)19(25)23-10-7-17(13-23)22-11-8-20-9-12-22/h3-6,14,17,20H,7-13H2,1-2H3,(H,21,24). The van der Waals surface area contributed by atoms with Gasteiger partial charge in [-0.3, -0.25) is 14.5 Å². The molecule has 2 saturated heterocycles. The Balaban J connectivity index is 1.58. The van der Waals surface area contributed by atoms with Gasteiger partial charge in [0, 0.05) is 62.5 Å². The molecule has 2 heterocycles. The second-order valence-corrected chi connectivity index (χ2v) is 7.19. The third-order valence-electron chi connectivity index (χ3n) is 4.93. The van der Waals surface area contributed by atoms with Crippen LogP contribution in [0.5, 0.6) is 0 Å². The van der Waals surface area contributed by atoms with Crippen LogP contribution < -0.4 is 10.6 Å². The number of nitrogens with zero attached hydrogens (tertiary/aromatic N) is 2. The number of rotatable bonds is 4. The summed E-state index contributed by atoms with van der Waals surface area (Å²) in [6.07, 6.45) is 1.04. The molecule has 1 unspecified atom stereocenters. The maximum absolute atomic E-state index is 12.7. The monoisotopic (exact) mass is 344 g/mol. The Morgan fingerprint density at radius 3 is 2.36 bits per heavy atom. The molecule has 136 valence electrons. The molecule has 6 heteroatoms. The molecule has 0 bridgehead atoms. The van der Waals surface area contributed by atoms with Crippen LogP contribution in [0.2, 0.25) is 0 Å². The molecular formula is C19H28N4O2. The lowest BCUT2D eigenvalue weighted by atomic mass is 10.1. The van der Waals surface area contributed by atoms with E-state index in [9.17, 15) is 9.59 Å². The van der Waals surface area contributed by atoms with E-state index in [0.29, 0.717) is 17.2 Å². The Kier molecular flexibility index (Phi) is 5.71. The van der Waals surface area contributed by atoms with Gasteiger partial charge in [0.15, 0.2) is 0 Å². The van der Waals surface area contributed by atoms with Crippen LogP contribution in [-0.4, -0.2) is 73.0 Å². The quantitative estimate of drug-likeness (QED) is 0.853. The molecule has 2 fully saturated rings. The highest BCUT2D eigenvalue weighted by Gasteiger charge is 2.31. The fourth-order valence-corrected chi connectivity index (χ4v) is 3.56. The molecule has 1 aromatic rings. The number of hydrogen-bond donors (Lipinski definition) is 2.